The van der Waals surface area contributed by atoms with Crippen molar-refractivity contribution in [2.75, 3.05) is 14.2 Å². The maximum absolute atomic E-state index is 5.15. The highest BCUT2D eigenvalue weighted by atomic mass is 32.1. The fourth-order valence-electron chi connectivity index (χ4n) is 1.92. The number of aryl methyl sites for hydroxylation is 2. The van der Waals surface area contributed by atoms with Gasteiger partial charge in [-0.3, -0.25) is 4.99 Å². The van der Waals surface area contributed by atoms with Crippen LogP contribution >= 0.6 is 11.3 Å². The lowest BCUT2D eigenvalue weighted by atomic mass is 10.2. The predicted molar refractivity (Wildman–Crippen MR) is 91.6 cm³/mol. The summed E-state index contributed by atoms with van der Waals surface area (Å²) in [6.07, 6.45) is 0. The summed E-state index contributed by atoms with van der Waals surface area (Å²) >= 11 is 1.72. The number of hydrogen-bond donors (Lipinski definition) is 2. The van der Waals surface area contributed by atoms with Crippen molar-refractivity contribution in [3.8, 4) is 5.75 Å². The highest BCUT2D eigenvalue weighted by molar-refractivity contribution is 7.11. The van der Waals surface area contributed by atoms with E-state index in [4.69, 9.17) is 4.74 Å². The highest BCUT2D eigenvalue weighted by Crippen LogP contribution is 2.16. The normalized spacial score (nSPS) is 11.4. The average Bonchev–Trinajstić information content (AvgIpc) is 2.86. The summed E-state index contributed by atoms with van der Waals surface area (Å²) in [5.41, 5.74) is 2.27. The molecule has 0 saturated heterocycles. The van der Waals surface area contributed by atoms with Gasteiger partial charge in [-0.1, -0.05) is 12.1 Å². The van der Waals surface area contributed by atoms with E-state index in [1.807, 2.05) is 31.2 Å². The Hall–Kier alpha value is -2.08. The van der Waals surface area contributed by atoms with Crippen molar-refractivity contribution in [2.24, 2.45) is 4.99 Å². The molecule has 2 aromatic rings. The molecule has 0 unspecified atom stereocenters. The molecule has 2 rings (SSSR count). The molecule has 1 aromatic carbocycles. The molecule has 0 fully saturated rings. The van der Waals surface area contributed by atoms with Gasteiger partial charge in [0.25, 0.3) is 0 Å². The Balaban J connectivity index is 1.84. The zero-order valence-electron chi connectivity index (χ0n) is 13.4. The largest absolute Gasteiger partial charge is 0.497 e. The van der Waals surface area contributed by atoms with E-state index in [1.165, 1.54) is 10.4 Å². The number of aromatic nitrogens is 1. The van der Waals surface area contributed by atoms with Crippen LogP contribution in [0.2, 0.25) is 0 Å². The van der Waals surface area contributed by atoms with Gasteiger partial charge in [-0.2, -0.15) is 0 Å². The second kappa shape index (κ2) is 7.79. The van der Waals surface area contributed by atoms with Gasteiger partial charge in [-0.05, 0) is 31.5 Å². The Labute approximate surface area is 135 Å². The minimum Gasteiger partial charge on any atom is -0.497 e. The van der Waals surface area contributed by atoms with Gasteiger partial charge in [0.05, 0.1) is 19.3 Å². The molecule has 0 aliphatic carbocycles. The third kappa shape index (κ3) is 4.46. The Morgan fingerprint density at radius 1 is 1.18 bits per heavy atom. The van der Waals surface area contributed by atoms with Crippen LogP contribution in [-0.2, 0) is 13.1 Å². The van der Waals surface area contributed by atoms with Gasteiger partial charge < -0.3 is 15.4 Å². The number of benzene rings is 1. The first-order valence-electron chi connectivity index (χ1n) is 7.12. The van der Waals surface area contributed by atoms with E-state index in [1.54, 1.807) is 25.5 Å². The van der Waals surface area contributed by atoms with Gasteiger partial charge in [0, 0.05) is 18.5 Å². The third-order valence-corrected chi connectivity index (χ3v) is 4.40. The van der Waals surface area contributed by atoms with E-state index in [2.05, 4.69) is 27.5 Å². The lowest BCUT2D eigenvalue weighted by molar-refractivity contribution is 0.414. The van der Waals surface area contributed by atoms with Gasteiger partial charge in [-0.25, -0.2) is 4.98 Å². The van der Waals surface area contributed by atoms with Crippen LogP contribution in [0.4, 0.5) is 0 Å². The zero-order valence-corrected chi connectivity index (χ0v) is 14.3. The van der Waals surface area contributed by atoms with Crippen molar-refractivity contribution < 1.29 is 4.74 Å². The number of thiazole rings is 1. The van der Waals surface area contributed by atoms with Crippen LogP contribution in [0.3, 0.4) is 0 Å². The molecule has 118 valence electrons. The van der Waals surface area contributed by atoms with Gasteiger partial charge in [0.1, 0.15) is 10.8 Å². The molecular weight excluding hydrogens is 296 g/mol. The van der Waals surface area contributed by atoms with Crippen LogP contribution in [0, 0.1) is 13.8 Å². The van der Waals surface area contributed by atoms with Crippen LogP contribution in [0.25, 0.3) is 0 Å². The smallest absolute Gasteiger partial charge is 0.191 e. The number of guanidine groups is 1. The molecule has 1 aromatic heterocycles. The van der Waals surface area contributed by atoms with Crippen LogP contribution < -0.4 is 15.4 Å². The van der Waals surface area contributed by atoms with Crippen LogP contribution in [0.15, 0.2) is 29.3 Å². The van der Waals surface area contributed by atoms with Gasteiger partial charge >= 0.3 is 0 Å². The van der Waals surface area contributed by atoms with Crippen molar-refractivity contribution in [1.82, 2.24) is 15.6 Å². The molecule has 22 heavy (non-hydrogen) atoms. The average molecular weight is 318 g/mol. The quantitative estimate of drug-likeness (QED) is 0.657. The first-order valence-corrected chi connectivity index (χ1v) is 7.94. The van der Waals surface area contributed by atoms with Crippen molar-refractivity contribution in [3.05, 3.63) is 45.4 Å². The summed E-state index contributed by atoms with van der Waals surface area (Å²) in [7, 11) is 3.43. The molecule has 0 bridgehead atoms. The van der Waals surface area contributed by atoms with E-state index in [0.717, 1.165) is 22.4 Å². The number of aliphatic imine (C=N–C) groups is 1. The molecule has 0 saturated carbocycles. The van der Waals surface area contributed by atoms with Gasteiger partial charge in [0.15, 0.2) is 5.96 Å². The van der Waals surface area contributed by atoms with E-state index in [0.29, 0.717) is 13.1 Å². The molecule has 0 aliphatic rings. The zero-order chi connectivity index (χ0) is 15.9. The van der Waals surface area contributed by atoms with Crippen LogP contribution in [-0.4, -0.2) is 25.1 Å². The molecule has 6 heteroatoms. The molecular formula is C16H22N4OS. The van der Waals surface area contributed by atoms with Crippen molar-refractivity contribution in [2.45, 2.75) is 26.9 Å². The summed E-state index contributed by atoms with van der Waals surface area (Å²) in [5, 5.41) is 7.64. The molecule has 0 spiro atoms. The molecule has 0 amide bonds. The standard InChI is InChI=1S/C16H22N4OS/c1-11-12(2)22-15(20-11)10-19-16(17-3)18-9-13-5-7-14(21-4)8-6-13/h5-8H,9-10H2,1-4H3,(H2,17,18,19). The second-order valence-corrected chi connectivity index (χ2v) is 6.16. The van der Waals surface area contributed by atoms with Gasteiger partial charge in [0.2, 0.25) is 0 Å². The third-order valence-electron chi connectivity index (χ3n) is 3.32. The number of ether oxygens (including phenoxy) is 1. The number of hydrogen-bond acceptors (Lipinski definition) is 4. The lowest BCUT2D eigenvalue weighted by Crippen LogP contribution is -2.36. The fourth-order valence-corrected chi connectivity index (χ4v) is 2.80. The Morgan fingerprint density at radius 2 is 1.86 bits per heavy atom. The second-order valence-electron chi connectivity index (χ2n) is 4.88. The van der Waals surface area contributed by atoms with Crippen molar-refractivity contribution in [3.63, 3.8) is 0 Å². The van der Waals surface area contributed by atoms with E-state index in [9.17, 15) is 0 Å². The fraction of sp³-hybridized carbons (Fsp3) is 0.375. The lowest BCUT2D eigenvalue weighted by Gasteiger charge is -2.11. The van der Waals surface area contributed by atoms with E-state index in [-0.39, 0.29) is 0 Å². The predicted octanol–water partition coefficient (Wildman–Crippen LogP) is 2.63. The summed E-state index contributed by atoms with van der Waals surface area (Å²) < 4.78 is 5.15. The highest BCUT2D eigenvalue weighted by Gasteiger charge is 2.05. The number of rotatable bonds is 5. The topological polar surface area (TPSA) is 58.5 Å². The molecule has 1 heterocycles. The summed E-state index contributed by atoms with van der Waals surface area (Å²) in [5.74, 6) is 1.63. The minimum atomic E-state index is 0.682. The Kier molecular flexibility index (Phi) is 5.77. The Bertz CT molecular complexity index is 615. The summed E-state index contributed by atoms with van der Waals surface area (Å²) in [4.78, 5) is 10.0. The minimum absolute atomic E-state index is 0.682. The molecule has 0 atom stereocenters. The van der Waals surface area contributed by atoms with Gasteiger partial charge in [-0.15, -0.1) is 11.3 Å². The molecule has 2 N–H and O–H groups in total. The molecule has 0 radical (unpaired) electrons. The summed E-state index contributed by atoms with van der Waals surface area (Å²) in [6.45, 7) is 5.51. The Morgan fingerprint density at radius 3 is 2.41 bits per heavy atom. The van der Waals surface area contributed by atoms with E-state index < -0.39 is 0 Å². The maximum atomic E-state index is 5.15. The molecule has 0 aliphatic heterocycles. The van der Waals surface area contributed by atoms with Crippen LogP contribution in [0.5, 0.6) is 5.75 Å². The van der Waals surface area contributed by atoms with Crippen LogP contribution in [0.1, 0.15) is 21.1 Å². The maximum Gasteiger partial charge on any atom is 0.191 e. The monoisotopic (exact) mass is 318 g/mol. The van der Waals surface area contributed by atoms with Crippen molar-refractivity contribution in [1.29, 1.82) is 0 Å². The van der Waals surface area contributed by atoms with Crippen molar-refractivity contribution >= 4 is 17.3 Å². The number of nitrogens with one attached hydrogen (secondary N) is 2. The summed E-state index contributed by atoms with van der Waals surface area (Å²) in [6, 6.07) is 7.97. The number of methoxy groups -OCH3 is 1. The first kappa shape index (κ1) is 16.3. The van der Waals surface area contributed by atoms with E-state index >= 15 is 0 Å². The SMILES string of the molecule is CN=C(NCc1ccc(OC)cc1)NCc1nc(C)c(C)s1. The molecule has 5 nitrogen and oxygen atoms in total. The number of nitrogens with zero attached hydrogens (tertiary/aromatic N) is 2. The first-order chi connectivity index (χ1) is 10.6.